The lowest BCUT2D eigenvalue weighted by Crippen LogP contribution is -2.29. The summed E-state index contributed by atoms with van der Waals surface area (Å²) in [5, 5.41) is 3.19. The first-order valence-electron chi connectivity index (χ1n) is 6.43. The molecular weight excluding hydrogens is 329 g/mol. The van der Waals surface area contributed by atoms with Crippen molar-refractivity contribution in [1.82, 2.24) is 5.32 Å². The van der Waals surface area contributed by atoms with Crippen molar-refractivity contribution in [2.75, 3.05) is 0 Å². The molecule has 110 valence electrons. The van der Waals surface area contributed by atoms with Crippen molar-refractivity contribution < 1.29 is 4.79 Å². The van der Waals surface area contributed by atoms with Gasteiger partial charge in [-0.2, -0.15) is 0 Å². The minimum Gasteiger partial charge on any atom is -0.348 e. The van der Waals surface area contributed by atoms with Crippen LogP contribution in [0.15, 0.2) is 48.5 Å². The van der Waals surface area contributed by atoms with Crippen LogP contribution in [0.4, 0.5) is 0 Å². The van der Waals surface area contributed by atoms with Gasteiger partial charge in [0.2, 0.25) is 5.91 Å². The third kappa shape index (κ3) is 4.13. The van der Waals surface area contributed by atoms with E-state index in [1.165, 1.54) is 0 Å². The number of hydrogen-bond acceptors (Lipinski definition) is 1. The molecule has 2 rings (SSSR count). The number of rotatable bonds is 4. The van der Waals surface area contributed by atoms with E-state index in [2.05, 4.69) is 5.32 Å². The fourth-order valence-electron chi connectivity index (χ4n) is 1.99. The summed E-state index contributed by atoms with van der Waals surface area (Å²) >= 11 is 18.2. The van der Waals surface area contributed by atoms with Gasteiger partial charge >= 0.3 is 0 Å². The Morgan fingerprint density at radius 3 is 2.38 bits per heavy atom. The Labute approximate surface area is 139 Å². The molecule has 0 saturated carbocycles. The van der Waals surface area contributed by atoms with Gasteiger partial charge in [0.15, 0.2) is 0 Å². The molecule has 1 N–H and O–H groups in total. The summed E-state index contributed by atoms with van der Waals surface area (Å²) in [6.45, 7) is 1.85. The molecule has 0 heterocycles. The van der Waals surface area contributed by atoms with E-state index in [0.717, 1.165) is 11.1 Å². The molecule has 21 heavy (non-hydrogen) atoms. The molecule has 0 saturated heterocycles. The van der Waals surface area contributed by atoms with Crippen molar-refractivity contribution in [3.05, 3.63) is 69.7 Å². The standard InChI is InChI=1S/C16H14Cl3NO/c1-10(13-8-7-12(17)9-14(13)18)20-16(21)15(19)11-5-3-2-4-6-11/h2-10,15H,1H3,(H,20,21). The molecule has 2 aromatic carbocycles. The Balaban J connectivity index is 2.08. The zero-order valence-electron chi connectivity index (χ0n) is 11.3. The summed E-state index contributed by atoms with van der Waals surface area (Å²) in [7, 11) is 0. The molecule has 0 aliphatic heterocycles. The van der Waals surface area contributed by atoms with E-state index in [1.807, 2.05) is 37.3 Å². The highest BCUT2D eigenvalue weighted by Crippen LogP contribution is 2.27. The summed E-state index contributed by atoms with van der Waals surface area (Å²) in [4.78, 5) is 12.2. The van der Waals surface area contributed by atoms with Gasteiger partial charge in [-0.1, -0.05) is 59.6 Å². The Bertz CT molecular complexity index is 631. The third-order valence-electron chi connectivity index (χ3n) is 3.11. The molecule has 2 atom stereocenters. The van der Waals surface area contributed by atoms with Crippen LogP contribution in [0.2, 0.25) is 10.0 Å². The SMILES string of the molecule is CC(NC(=O)C(Cl)c1ccccc1)c1ccc(Cl)cc1Cl. The topological polar surface area (TPSA) is 29.1 Å². The van der Waals surface area contributed by atoms with Crippen LogP contribution in [0.5, 0.6) is 0 Å². The molecule has 2 nitrogen and oxygen atoms in total. The fourth-order valence-corrected chi connectivity index (χ4v) is 2.77. The van der Waals surface area contributed by atoms with Gasteiger partial charge in [0.05, 0.1) is 6.04 Å². The number of carbonyl (C=O) groups is 1. The summed E-state index contributed by atoms with van der Waals surface area (Å²) in [6, 6.07) is 14.1. The average Bonchev–Trinajstić information content (AvgIpc) is 2.47. The number of halogens is 3. The zero-order chi connectivity index (χ0) is 15.4. The summed E-state index contributed by atoms with van der Waals surface area (Å²) < 4.78 is 0. The molecule has 0 aliphatic rings. The number of hydrogen-bond donors (Lipinski definition) is 1. The van der Waals surface area contributed by atoms with E-state index >= 15 is 0 Å². The van der Waals surface area contributed by atoms with Crippen molar-refractivity contribution >= 4 is 40.7 Å². The minimum atomic E-state index is -0.736. The smallest absolute Gasteiger partial charge is 0.243 e. The highest BCUT2D eigenvalue weighted by Gasteiger charge is 2.20. The molecule has 0 aliphatic carbocycles. The van der Waals surface area contributed by atoms with Gasteiger partial charge in [0.25, 0.3) is 0 Å². The molecular formula is C16H14Cl3NO. The van der Waals surface area contributed by atoms with Crippen LogP contribution in [0, 0.1) is 0 Å². The number of nitrogens with one attached hydrogen (secondary N) is 1. The molecule has 0 radical (unpaired) electrons. The van der Waals surface area contributed by atoms with Gasteiger partial charge in [-0.15, -0.1) is 11.6 Å². The third-order valence-corrected chi connectivity index (χ3v) is 4.12. The van der Waals surface area contributed by atoms with E-state index in [0.29, 0.717) is 10.0 Å². The van der Waals surface area contributed by atoms with Crippen molar-refractivity contribution in [3.8, 4) is 0 Å². The van der Waals surface area contributed by atoms with Gasteiger partial charge in [-0.3, -0.25) is 4.79 Å². The maximum absolute atomic E-state index is 12.2. The first-order valence-corrected chi connectivity index (χ1v) is 7.62. The molecule has 0 bridgehead atoms. The summed E-state index contributed by atoms with van der Waals surface area (Å²) in [6.07, 6.45) is 0. The van der Waals surface area contributed by atoms with Crippen molar-refractivity contribution in [2.45, 2.75) is 18.3 Å². The van der Waals surface area contributed by atoms with Crippen LogP contribution >= 0.6 is 34.8 Å². The molecule has 1 amide bonds. The van der Waals surface area contributed by atoms with E-state index in [4.69, 9.17) is 34.8 Å². The van der Waals surface area contributed by atoms with Gasteiger partial charge in [-0.05, 0) is 30.2 Å². The minimum absolute atomic E-state index is 0.257. The van der Waals surface area contributed by atoms with Gasteiger partial charge in [-0.25, -0.2) is 0 Å². The van der Waals surface area contributed by atoms with Crippen LogP contribution in [0.1, 0.15) is 29.5 Å². The molecule has 2 unspecified atom stereocenters. The largest absolute Gasteiger partial charge is 0.348 e. The maximum Gasteiger partial charge on any atom is 0.243 e. The molecule has 5 heteroatoms. The second kappa shape index (κ2) is 7.17. The molecule has 0 fully saturated rings. The molecule has 2 aromatic rings. The normalized spacial score (nSPS) is 13.5. The number of amides is 1. The average molecular weight is 343 g/mol. The fraction of sp³-hybridized carbons (Fsp3) is 0.188. The van der Waals surface area contributed by atoms with E-state index in [1.54, 1.807) is 18.2 Å². The van der Waals surface area contributed by atoms with Crippen LogP contribution in [-0.2, 0) is 4.79 Å². The van der Waals surface area contributed by atoms with Gasteiger partial charge < -0.3 is 5.32 Å². The van der Waals surface area contributed by atoms with E-state index in [9.17, 15) is 4.79 Å². The van der Waals surface area contributed by atoms with Crippen LogP contribution in [-0.4, -0.2) is 5.91 Å². The lowest BCUT2D eigenvalue weighted by molar-refractivity contribution is -0.121. The highest BCUT2D eigenvalue weighted by molar-refractivity contribution is 6.35. The van der Waals surface area contributed by atoms with Gasteiger partial charge in [0, 0.05) is 10.0 Å². The Kier molecular flexibility index (Phi) is 5.51. The summed E-state index contributed by atoms with van der Waals surface area (Å²) in [5.74, 6) is -0.263. The highest BCUT2D eigenvalue weighted by atomic mass is 35.5. The molecule has 0 spiro atoms. The first kappa shape index (κ1) is 16.2. The van der Waals surface area contributed by atoms with Crippen molar-refractivity contribution in [3.63, 3.8) is 0 Å². The Hall–Kier alpha value is -1.22. The Morgan fingerprint density at radius 2 is 1.76 bits per heavy atom. The predicted molar refractivity (Wildman–Crippen MR) is 88.1 cm³/mol. The maximum atomic E-state index is 12.2. The lowest BCUT2D eigenvalue weighted by Gasteiger charge is -2.18. The predicted octanol–water partition coefficient (Wildman–Crippen LogP) is 5.15. The summed E-state index contributed by atoms with van der Waals surface area (Å²) in [5.41, 5.74) is 1.55. The Morgan fingerprint density at radius 1 is 1.10 bits per heavy atom. The number of alkyl halides is 1. The second-order valence-electron chi connectivity index (χ2n) is 4.67. The quantitative estimate of drug-likeness (QED) is 0.765. The van der Waals surface area contributed by atoms with Gasteiger partial charge in [0.1, 0.15) is 5.38 Å². The lowest BCUT2D eigenvalue weighted by atomic mass is 10.1. The number of benzene rings is 2. The number of carbonyl (C=O) groups excluding carboxylic acids is 1. The second-order valence-corrected chi connectivity index (χ2v) is 5.95. The first-order chi connectivity index (χ1) is 9.99. The monoisotopic (exact) mass is 341 g/mol. The van der Waals surface area contributed by atoms with Crippen molar-refractivity contribution in [1.29, 1.82) is 0 Å². The molecule has 0 aromatic heterocycles. The van der Waals surface area contributed by atoms with Crippen LogP contribution < -0.4 is 5.32 Å². The van der Waals surface area contributed by atoms with E-state index in [-0.39, 0.29) is 11.9 Å². The van der Waals surface area contributed by atoms with Crippen LogP contribution in [0.25, 0.3) is 0 Å². The van der Waals surface area contributed by atoms with Crippen molar-refractivity contribution in [2.24, 2.45) is 0 Å². The van der Waals surface area contributed by atoms with Crippen LogP contribution in [0.3, 0.4) is 0 Å². The van der Waals surface area contributed by atoms with E-state index < -0.39 is 5.38 Å². The zero-order valence-corrected chi connectivity index (χ0v) is 13.6.